The minimum atomic E-state index is -0.650. The van der Waals surface area contributed by atoms with Crippen LogP contribution < -0.4 is 21.3 Å². The van der Waals surface area contributed by atoms with Crippen LogP contribution in [0, 0.1) is 0 Å². The minimum absolute atomic E-state index is 0.214. The number of rotatable bonds is 7. The third kappa shape index (κ3) is 5.58. The van der Waals surface area contributed by atoms with Crippen molar-refractivity contribution in [2.45, 2.75) is 38.5 Å². The van der Waals surface area contributed by atoms with Gasteiger partial charge in [-0.25, -0.2) is 4.79 Å². The maximum absolute atomic E-state index is 12.8. The lowest BCUT2D eigenvalue weighted by Gasteiger charge is -2.29. The summed E-state index contributed by atoms with van der Waals surface area (Å²) in [6.45, 7) is 1.22. The molecule has 2 aliphatic rings. The molecule has 0 radical (unpaired) electrons. The van der Waals surface area contributed by atoms with Gasteiger partial charge in [0.15, 0.2) is 0 Å². The fourth-order valence-electron chi connectivity index (χ4n) is 4.48. The predicted octanol–water partition coefficient (Wildman–Crippen LogP) is 2.78. The van der Waals surface area contributed by atoms with Crippen molar-refractivity contribution < 1.29 is 19.2 Å². The maximum atomic E-state index is 12.8. The van der Waals surface area contributed by atoms with E-state index in [1.807, 2.05) is 42.5 Å². The van der Waals surface area contributed by atoms with Crippen LogP contribution in [0.5, 0.6) is 0 Å². The number of aromatic nitrogens is 1. The molecule has 1 fully saturated rings. The fraction of sp³-hybridized carbons (Fsp3) is 0.222. The minimum Gasteiger partial charge on any atom is -0.381 e. The maximum Gasteiger partial charge on any atom is 0.319 e. The molecule has 188 valence electrons. The molecule has 1 aromatic heterocycles. The van der Waals surface area contributed by atoms with E-state index in [0.29, 0.717) is 30.8 Å². The molecule has 3 aromatic rings. The van der Waals surface area contributed by atoms with Crippen molar-refractivity contribution in [2.75, 3.05) is 10.6 Å². The van der Waals surface area contributed by atoms with Crippen molar-refractivity contribution in [3.05, 3.63) is 89.2 Å². The highest BCUT2D eigenvalue weighted by Crippen LogP contribution is 2.28. The van der Waals surface area contributed by atoms with Crippen molar-refractivity contribution >= 4 is 35.1 Å². The summed E-state index contributed by atoms with van der Waals surface area (Å²) in [5.41, 5.74) is 4.90. The van der Waals surface area contributed by atoms with Gasteiger partial charge in [-0.15, -0.1) is 0 Å². The van der Waals surface area contributed by atoms with E-state index in [-0.39, 0.29) is 30.8 Å². The van der Waals surface area contributed by atoms with Crippen LogP contribution in [0.25, 0.3) is 0 Å². The number of carbonyl (C=O) groups is 4. The number of imide groups is 1. The number of nitrogens with one attached hydrogen (secondary N) is 4. The van der Waals surface area contributed by atoms with Gasteiger partial charge in [-0.05, 0) is 53.4 Å². The third-order valence-corrected chi connectivity index (χ3v) is 6.43. The standard InChI is InChI=1S/C27H26N6O4/c34-24-8-7-23(25(35)32-24)33-16-19-13-18(3-6-22(19)26(33)36)15-30-27(37)31-21-4-1-17(2-5-21)14-29-20-9-11-28-12-10-20/h1-6,9-13,23H,7-8,14-16H2,(H,28,29)(H2,30,31,37)(H,32,34,35). The molecular weight excluding hydrogens is 472 g/mol. The topological polar surface area (TPSA) is 133 Å². The van der Waals surface area contributed by atoms with Gasteiger partial charge in [0.2, 0.25) is 11.8 Å². The molecule has 1 atom stereocenters. The van der Waals surface area contributed by atoms with Crippen LogP contribution in [-0.4, -0.2) is 39.7 Å². The lowest BCUT2D eigenvalue weighted by molar-refractivity contribution is -0.136. The Morgan fingerprint density at radius 3 is 2.46 bits per heavy atom. The summed E-state index contributed by atoms with van der Waals surface area (Å²) < 4.78 is 0. The summed E-state index contributed by atoms with van der Waals surface area (Å²) in [6, 6.07) is 15.7. The molecule has 1 unspecified atom stereocenters. The summed E-state index contributed by atoms with van der Waals surface area (Å²) in [6.07, 6.45) is 3.99. The van der Waals surface area contributed by atoms with E-state index in [2.05, 4.69) is 26.3 Å². The molecule has 3 heterocycles. The highest BCUT2D eigenvalue weighted by Gasteiger charge is 2.39. The Morgan fingerprint density at radius 1 is 0.946 bits per heavy atom. The van der Waals surface area contributed by atoms with Gasteiger partial charge in [0.25, 0.3) is 5.91 Å². The van der Waals surface area contributed by atoms with Gasteiger partial charge in [-0.1, -0.05) is 24.3 Å². The summed E-state index contributed by atoms with van der Waals surface area (Å²) in [5, 5.41) is 11.3. The van der Waals surface area contributed by atoms with E-state index in [1.54, 1.807) is 24.5 Å². The average Bonchev–Trinajstić information content (AvgIpc) is 3.23. The van der Waals surface area contributed by atoms with E-state index in [1.165, 1.54) is 4.90 Å². The Labute approximate surface area is 213 Å². The van der Waals surface area contributed by atoms with E-state index in [9.17, 15) is 19.2 Å². The van der Waals surface area contributed by atoms with Crippen molar-refractivity contribution in [3.8, 4) is 0 Å². The first-order chi connectivity index (χ1) is 18.0. The zero-order valence-corrected chi connectivity index (χ0v) is 20.0. The van der Waals surface area contributed by atoms with Gasteiger partial charge >= 0.3 is 6.03 Å². The van der Waals surface area contributed by atoms with Gasteiger partial charge in [0, 0.05) is 55.4 Å². The number of pyridine rings is 1. The monoisotopic (exact) mass is 498 g/mol. The number of urea groups is 1. The molecule has 10 nitrogen and oxygen atoms in total. The Hall–Kier alpha value is -4.73. The molecule has 0 saturated carbocycles. The first-order valence-corrected chi connectivity index (χ1v) is 12.0. The fourth-order valence-corrected chi connectivity index (χ4v) is 4.48. The molecule has 2 aromatic carbocycles. The predicted molar refractivity (Wildman–Crippen MR) is 136 cm³/mol. The molecule has 2 aliphatic heterocycles. The van der Waals surface area contributed by atoms with E-state index in [0.717, 1.165) is 22.4 Å². The Balaban J connectivity index is 1.12. The lowest BCUT2D eigenvalue weighted by Crippen LogP contribution is -2.52. The van der Waals surface area contributed by atoms with Gasteiger partial charge in [-0.3, -0.25) is 24.7 Å². The molecule has 5 rings (SSSR count). The molecule has 10 heteroatoms. The van der Waals surface area contributed by atoms with Crippen LogP contribution in [0.4, 0.5) is 16.2 Å². The molecule has 37 heavy (non-hydrogen) atoms. The molecule has 0 aliphatic carbocycles. The van der Waals surface area contributed by atoms with Gasteiger partial charge in [0.1, 0.15) is 6.04 Å². The van der Waals surface area contributed by atoms with Crippen molar-refractivity contribution in [1.29, 1.82) is 0 Å². The van der Waals surface area contributed by atoms with Crippen LogP contribution in [0.2, 0.25) is 0 Å². The molecule has 1 saturated heterocycles. The molecule has 0 spiro atoms. The molecule has 5 amide bonds. The van der Waals surface area contributed by atoms with E-state index < -0.39 is 11.9 Å². The van der Waals surface area contributed by atoms with Crippen molar-refractivity contribution in [2.24, 2.45) is 0 Å². The number of piperidine rings is 1. The summed E-state index contributed by atoms with van der Waals surface area (Å²) in [4.78, 5) is 54.4. The van der Waals surface area contributed by atoms with Gasteiger partial charge in [-0.2, -0.15) is 0 Å². The number of nitrogens with zero attached hydrogens (tertiary/aromatic N) is 2. The number of benzene rings is 2. The largest absolute Gasteiger partial charge is 0.381 e. The van der Waals surface area contributed by atoms with Crippen LogP contribution >= 0.6 is 0 Å². The zero-order valence-electron chi connectivity index (χ0n) is 20.0. The second kappa shape index (κ2) is 10.5. The summed E-state index contributed by atoms with van der Waals surface area (Å²) in [5.74, 6) is -0.971. The second-order valence-corrected chi connectivity index (χ2v) is 8.99. The zero-order chi connectivity index (χ0) is 25.8. The number of hydrogen-bond acceptors (Lipinski definition) is 6. The molecule has 0 bridgehead atoms. The highest BCUT2D eigenvalue weighted by atomic mass is 16.2. The Kier molecular flexibility index (Phi) is 6.80. The van der Waals surface area contributed by atoms with E-state index >= 15 is 0 Å². The van der Waals surface area contributed by atoms with Crippen molar-refractivity contribution in [1.82, 2.24) is 20.5 Å². The number of anilines is 2. The summed E-state index contributed by atoms with van der Waals surface area (Å²) >= 11 is 0. The van der Waals surface area contributed by atoms with Crippen LogP contribution in [-0.2, 0) is 29.2 Å². The quantitative estimate of drug-likeness (QED) is 0.371. The summed E-state index contributed by atoms with van der Waals surface area (Å²) in [7, 11) is 0. The van der Waals surface area contributed by atoms with Crippen LogP contribution in [0.1, 0.15) is 39.9 Å². The Bertz CT molecular complexity index is 1340. The average molecular weight is 499 g/mol. The molecular formula is C27H26N6O4. The van der Waals surface area contributed by atoms with E-state index in [4.69, 9.17) is 0 Å². The third-order valence-electron chi connectivity index (χ3n) is 6.43. The van der Waals surface area contributed by atoms with Crippen LogP contribution in [0.3, 0.4) is 0 Å². The van der Waals surface area contributed by atoms with Crippen molar-refractivity contribution in [3.63, 3.8) is 0 Å². The first-order valence-electron chi connectivity index (χ1n) is 12.0. The normalized spacial score (nSPS) is 16.7. The highest BCUT2D eigenvalue weighted by molar-refractivity contribution is 6.05. The Morgan fingerprint density at radius 2 is 1.70 bits per heavy atom. The smallest absolute Gasteiger partial charge is 0.319 e. The number of fused-ring (bicyclic) bond motifs is 1. The molecule has 4 N–H and O–H groups in total. The second-order valence-electron chi connectivity index (χ2n) is 8.99. The number of hydrogen-bond donors (Lipinski definition) is 4. The van der Waals surface area contributed by atoms with Gasteiger partial charge in [0.05, 0.1) is 0 Å². The SMILES string of the molecule is O=C1CCC(N2Cc3cc(CNC(=O)Nc4ccc(CNc5ccncc5)cc4)ccc3C2=O)C(=O)N1. The van der Waals surface area contributed by atoms with Crippen LogP contribution in [0.15, 0.2) is 67.0 Å². The number of carbonyl (C=O) groups excluding carboxylic acids is 4. The lowest BCUT2D eigenvalue weighted by atomic mass is 10.0. The van der Waals surface area contributed by atoms with Gasteiger partial charge < -0.3 is 20.9 Å². The first kappa shape index (κ1) is 24.0. The number of amides is 5.